The van der Waals surface area contributed by atoms with Gasteiger partial charge in [0.2, 0.25) is 0 Å². The van der Waals surface area contributed by atoms with Gasteiger partial charge in [-0.25, -0.2) is 14.6 Å². The Bertz CT molecular complexity index is 1160. The van der Waals surface area contributed by atoms with Crippen molar-refractivity contribution in [2.75, 3.05) is 5.32 Å². The number of pyridine rings is 2. The number of thiazole rings is 1. The minimum absolute atomic E-state index is 0.151. The molecule has 1 amide bonds. The number of nitrogens with one attached hydrogen (secondary N) is 1. The summed E-state index contributed by atoms with van der Waals surface area (Å²) in [5.41, 5.74) is 3.65. The molecule has 4 rings (SSSR count). The van der Waals surface area contributed by atoms with Crippen molar-refractivity contribution in [1.82, 2.24) is 24.7 Å². The van der Waals surface area contributed by atoms with Crippen LogP contribution in [0.25, 0.3) is 22.4 Å². The highest BCUT2D eigenvalue weighted by Crippen LogP contribution is 2.27. The maximum Gasteiger partial charge on any atom is 0.258 e. The van der Waals surface area contributed by atoms with Gasteiger partial charge in [-0.3, -0.25) is 15.1 Å². The molecule has 0 saturated heterocycles. The third kappa shape index (κ3) is 3.75. The zero-order valence-electron chi connectivity index (χ0n) is 16.7. The molecule has 1 N–H and O–H groups in total. The van der Waals surface area contributed by atoms with Crippen molar-refractivity contribution < 1.29 is 4.79 Å². The third-order valence-electron chi connectivity index (χ3n) is 4.56. The molecule has 7 nitrogen and oxygen atoms in total. The van der Waals surface area contributed by atoms with Gasteiger partial charge in [0.25, 0.3) is 5.91 Å². The van der Waals surface area contributed by atoms with Crippen LogP contribution < -0.4 is 5.32 Å². The van der Waals surface area contributed by atoms with Crippen LogP contribution in [0, 0.1) is 0 Å². The number of nitrogens with zero attached hydrogens (tertiary/aromatic N) is 5. The van der Waals surface area contributed by atoms with Gasteiger partial charge in [-0.15, -0.1) is 11.3 Å². The van der Waals surface area contributed by atoms with Crippen LogP contribution in [0.2, 0.25) is 0 Å². The van der Waals surface area contributed by atoms with Crippen LogP contribution in [-0.4, -0.2) is 30.6 Å². The molecule has 8 heteroatoms. The first-order valence-electron chi connectivity index (χ1n) is 9.50. The molecule has 0 aliphatic heterocycles. The van der Waals surface area contributed by atoms with E-state index in [2.05, 4.69) is 34.2 Å². The number of hydrogen-bond donors (Lipinski definition) is 1. The Morgan fingerprint density at radius 3 is 2.66 bits per heavy atom. The molecule has 0 atom stereocenters. The molecule has 29 heavy (non-hydrogen) atoms. The van der Waals surface area contributed by atoms with Gasteiger partial charge in [0, 0.05) is 23.3 Å². The summed E-state index contributed by atoms with van der Waals surface area (Å²) in [6.45, 7) is 8.22. The molecule has 4 aromatic heterocycles. The molecule has 0 spiro atoms. The highest BCUT2D eigenvalue weighted by Gasteiger charge is 2.20. The number of amides is 1. The van der Waals surface area contributed by atoms with Crippen molar-refractivity contribution >= 4 is 33.4 Å². The molecular formula is C21H22N6OS. The summed E-state index contributed by atoms with van der Waals surface area (Å²) in [4.78, 5) is 26.7. The summed E-state index contributed by atoms with van der Waals surface area (Å²) < 4.78 is 1.85. The topological polar surface area (TPSA) is 85.6 Å². The minimum Gasteiger partial charge on any atom is -0.298 e. The minimum atomic E-state index is -0.218. The van der Waals surface area contributed by atoms with E-state index in [1.807, 2.05) is 48.2 Å². The van der Waals surface area contributed by atoms with Gasteiger partial charge in [0.05, 0.1) is 22.8 Å². The Kier molecular flexibility index (Phi) is 5.10. The number of rotatable bonds is 5. The number of carbonyl (C=O) groups excluding carboxylic acids is 1. The summed E-state index contributed by atoms with van der Waals surface area (Å²) in [6.07, 6.45) is 3.43. The van der Waals surface area contributed by atoms with Crippen LogP contribution in [0.15, 0.2) is 42.0 Å². The Balaban J connectivity index is 1.69. The van der Waals surface area contributed by atoms with Crippen molar-refractivity contribution in [3.8, 4) is 11.4 Å². The van der Waals surface area contributed by atoms with Crippen molar-refractivity contribution in [2.45, 2.75) is 39.7 Å². The number of anilines is 1. The van der Waals surface area contributed by atoms with E-state index in [-0.39, 0.29) is 17.9 Å². The molecule has 148 valence electrons. The number of aromatic nitrogens is 5. The fourth-order valence-corrected chi connectivity index (χ4v) is 3.73. The van der Waals surface area contributed by atoms with E-state index in [0.29, 0.717) is 10.7 Å². The zero-order chi connectivity index (χ0) is 20.5. The van der Waals surface area contributed by atoms with Gasteiger partial charge in [-0.2, -0.15) is 5.10 Å². The van der Waals surface area contributed by atoms with Crippen molar-refractivity contribution in [3.05, 3.63) is 53.3 Å². The molecule has 4 aromatic rings. The van der Waals surface area contributed by atoms with Gasteiger partial charge in [0.15, 0.2) is 10.8 Å². The lowest BCUT2D eigenvalue weighted by Gasteiger charge is -2.11. The summed E-state index contributed by atoms with van der Waals surface area (Å²) in [7, 11) is 0. The smallest absolute Gasteiger partial charge is 0.258 e. The molecule has 0 radical (unpaired) electrons. The van der Waals surface area contributed by atoms with Crippen molar-refractivity contribution in [2.24, 2.45) is 0 Å². The quantitative estimate of drug-likeness (QED) is 0.509. The molecule has 0 bridgehead atoms. The molecule has 0 saturated carbocycles. The van der Waals surface area contributed by atoms with Gasteiger partial charge < -0.3 is 0 Å². The van der Waals surface area contributed by atoms with E-state index in [0.717, 1.165) is 28.1 Å². The molecule has 4 heterocycles. The summed E-state index contributed by atoms with van der Waals surface area (Å²) in [5, 5.41) is 10.5. The van der Waals surface area contributed by atoms with E-state index in [1.54, 1.807) is 12.4 Å². The lowest BCUT2D eigenvalue weighted by Crippen LogP contribution is -2.14. The second-order valence-corrected chi connectivity index (χ2v) is 8.23. The highest BCUT2D eigenvalue weighted by molar-refractivity contribution is 7.14. The second kappa shape index (κ2) is 7.71. The average Bonchev–Trinajstić information content (AvgIpc) is 3.34. The zero-order valence-corrected chi connectivity index (χ0v) is 17.6. The van der Waals surface area contributed by atoms with Crippen LogP contribution >= 0.6 is 11.3 Å². The summed E-state index contributed by atoms with van der Waals surface area (Å²) in [6, 6.07) is 7.66. The first-order chi connectivity index (χ1) is 13.9. The van der Waals surface area contributed by atoms with E-state index in [4.69, 9.17) is 4.98 Å². The molecular weight excluding hydrogens is 384 g/mol. The highest BCUT2D eigenvalue weighted by atomic mass is 32.1. The molecule has 0 aliphatic rings. The lowest BCUT2D eigenvalue weighted by atomic mass is 10.0. The fourth-order valence-electron chi connectivity index (χ4n) is 3.03. The Morgan fingerprint density at radius 2 is 1.97 bits per heavy atom. The van der Waals surface area contributed by atoms with Crippen molar-refractivity contribution in [3.63, 3.8) is 0 Å². The predicted molar refractivity (Wildman–Crippen MR) is 115 cm³/mol. The normalized spacial score (nSPS) is 11.5. The van der Waals surface area contributed by atoms with Crippen LogP contribution in [0.4, 0.5) is 5.13 Å². The fraction of sp³-hybridized carbons (Fsp3) is 0.286. The van der Waals surface area contributed by atoms with Crippen LogP contribution in [-0.2, 0) is 0 Å². The standard InChI is InChI=1S/C21H22N6OS/c1-12(2)17-9-14(15-10-23-27(13(3)4)19(15)24-17)20(28)26-21-25-18(11-29-21)16-7-5-6-8-22-16/h5-13H,1-4H3,(H,25,26,28). The predicted octanol–water partition coefficient (Wildman–Crippen LogP) is 4.91. The number of fused-ring (bicyclic) bond motifs is 1. The van der Waals surface area contributed by atoms with Gasteiger partial charge in [0.1, 0.15) is 5.69 Å². The van der Waals surface area contributed by atoms with Gasteiger partial charge >= 0.3 is 0 Å². The van der Waals surface area contributed by atoms with Gasteiger partial charge in [-0.1, -0.05) is 19.9 Å². The van der Waals surface area contributed by atoms with E-state index < -0.39 is 0 Å². The van der Waals surface area contributed by atoms with Crippen LogP contribution in [0.5, 0.6) is 0 Å². The Labute approximate surface area is 172 Å². The third-order valence-corrected chi connectivity index (χ3v) is 5.32. The molecule has 0 aromatic carbocycles. The summed E-state index contributed by atoms with van der Waals surface area (Å²) >= 11 is 1.37. The van der Waals surface area contributed by atoms with Gasteiger partial charge in [-0.05, 0) is 38.0 Å². The van der Waals surface area contributed by atoms with Crippen LogP contribution in [0.3, 0.4) is 0 Å². The monoisotopic (exact) mass is 406 g/mol. The molecule has 0 fully saturated rings. The summed E-state index contributed by atoms with van der Waals surface area (Å²) in [5.74, 6) is -0.0263. The first-order valence-corrected chi connectivity index (χ1v) is 10.4. The maximum atomic E-state index is 13.1. The Hall–Kier alpha value is -3.13. The van der Waals surface area contributed by atoms with E-state index >= 15 is 0 Å². The lowest BCUT2D eigenvalue weighted by molar-refractivity contribution is 0.102. The van der Waals surface area contributed by atoms with E-state index in [1.165, 1.54) is 11.3 Å². The van der Waals surface area contributed by atoms with E-state index in [9.17, 15) is 4.79 Å². The molecule has 0 unspecified atom stereocenters. The second-order valence-electron chi connectivity index (χ2n) is 7.38. The Morgan fingerprint density at radius 1 is 1.14 bits per heavy atom. The average molecular weight is 407 g/mol. The molecule has 0 aliphatic carbocycles. The SMILES string of the molecule is CC(C)c1cc(C(=O)Nc2nc(-c3ccccn3)cs2)c2cnn(C(C)C)c2n1. The largest absolute Gasteiger partial charge is 0.298 e. The van der Waals surface area contributed by atoms with Crippen LogP contribution in [0.1, 0.15) is 55.7 Å². The number of carbonyl (C=O) groups is 1. The number of hydrogen-bond acceptors (Lipinski definition) is 6. The first kappa shape index (κ1) is 19.2. The van der Waals surface area contributed by atoms with Crippen molar-refractivity contribution in [1.29, 1.82) is 0 Å². The maximum absolute atomic E-state index is 13.1.